The highest BCUT2D eigenvalue weighted by atomic mass is 16.5. The van der Waals surface area contributed by atoms with Gasteiger partial charge in [0, 0.05) is 18.2 Å². The van der Waals surface area contributed by atoms with Crippen molar-refractivity contribution in [1.82, 2.24) is 25.2 Å². The smallest absolute Gasteiger partial charge is 0.316 e. The first-order chi connectivity index (χ1) is 14.6. The summed E-state index contributed by atoms with van der Waals surface area (Å²) in [5.74, 6) is -0.453. The molecular formula is C22H19N5O3. The van der Waals surface area contributed by atoms with E-state index < -0.39 is 5.91 Å². The maximum atomic E-state index is 12.2. The second-order valence-electron chi connectivity index (χ2n) is 6.76. The molecular weight excluding hydrogens is 382 g/mol. The van der Waals surface area contributed by atoms with Crippen molar-refractivity contribution in [2.75, 3.05) is 0 Å². The predicted molar refractivity (Wildman–Crippen MR) is 110 cm³/mol. The molecule has 150 valence electrons. The van der Waals surface area contributed by atoms with Crippen molar-refractivity contribution >= 4 is 5.91 Å². The van der Waals surface area contributed by atoms with Crippen molar-refractivity contribution in [1.29, 1.82) is 0 Å². The van der Waals surface area contributed by atoms with E-state index in [1.54, 1.807) is 6.07 Å². The van der Waals surface area contributed by atoms with E-state index >= 15 is 0 Å². The number of carbonyl (C=O) groups excluding carboxylic acids is 1. The molecule has 2 aromatic heterocycles. The maximum absolute atomic E-state index is 12.2. The number of hydrogen-bond donors (Lipinski definition) is 1. The molecule has 0 bridgehead atoms. The van der Waals surface area contributed by atoms with E-state index in [1.165, 1.54) is 10.7 Å². The van der Waals surface area contributed by atoms with Crippen LogP contribution in [-0.4, -0.2) is 25.8 Å². The summed E-state index contributed by atoms with van der Waals surface area (Å²) in [4.78, 5) is 28.5. The van der Waals surface area contributed by atoms with Gasteiger partial charge in [0.05, 0.1) is 5.69 Å². The lowest BCUT2D eigenvalue weighted by Gasteiger charge is -2.05. The average Bonchev–Trinajstić information content (AvgIpc) is 3.24. The molecule has 2 aromatic carbocycles. The molecule has 0 aliphatic rings. The largest absolute Gasteiger partial charge is 0.344 e. The lowest BCUT2D eigenvalue weighted by Crippen LogP contribution is -2.24. The Labute approximate surface area is 172 Å². The number of nitrogens with zero attached hydrogens (tertiary/aromatic N) is 4. The Kier molecular flexibility index (Phi) is 5.47. The van der Waals surface area contributed by atoms with Gasteiger partial charge in [0.15, 0.2) is 5.82 Å². The van der Waals surface area contributed by atoms with Gasteiger partial charge in [0.1, 0.15) is 6.54 Å². The highest BCUT2D eigenvalue weighted by molar-refractivity contribution is 5.89. The molecule has 0 radical (unpaired) electrons. The van der Waals surface area contributed by atoms with Crippen LogP contribution >= 0.6 is 0 Å². The molecule has 0 aliphatic heterocycles. The van der Waals surface area contributed by atoms with Crippen LogP contribution in [0.1, 0.15) is 27.6 Å². The van der Waals surface area contributed by atoms with Gasteiger partial charge in [-0.3, -0.25) is 9.59 Å². The minimum Gasteiger partial charge on any atom is -0.344 e. The van der Waals surface area contributed by atoms with Crippen LogP contribution < -0.4 is 10.9 Å². The summed E-state index contributed by atoms with van der Waals surface area (Å²) in [6.07, 6.45) is 0. The molecule has 4 aromatic rings. The summed E-state index contributed by atoms with van der Waals surface area (Å²) in [5, 5.41) is 10.9. The number of amides is 1. The lowest BCUT2D eigenvalue weighted by molar-refractivity contribution is 0.0907. The quantitative estimate of drug-likeness (QED) is 0.533. The first kappa shape index (κ1) is 19.3. The molecule has 2 heterocycles. The first-order valence-corrected chi connectivity index (χ1v) is 9.38. The molecule has 0 spiro atoms. The van der Waals surface area contributed by atoms with Crippen LogP contribution in [0.4, 0.5) is 0 Å². The fourth-order valence-electron chi connectivity index (χ4n) is 2.84. The second kappa shape index (κ2) is 8.52. The molecule has 0 fully saturated rings. The van der Waals surface area contributed by atoms with Crippen LogP contribution in [0.3, 0.4) is 0 Å². The van der Waals surface area contributed by atoms with Crippen LogP contribution in [0.5, 0.6) is 0 Å². The van der Waals surface area contributed by atoms with Crippen molar-refractivity contribution in [2.24, 2.45) is 0 Å². The molecule has 1 amide bonds. The predicted octanol–water partition coefficient (Wildman–Crippen LogP) is 2.58. The third kappa shape index (κ3) is 4.49. The summed E-state index contributed by atoms with van der Waals surface area (Å²) in [6.45, 7) is 2.34. The number of aryl methyl sites for hydroxylation is 1. The molecule has 8 heteroatoms. The fraction of sp³-hybridized carbons (Fsp3) is 0.136. The van der Waals surface area contributed by atoms with E-state index in [4.69, 9.17) is 4.52 Å². The Morgan fingerprint density at radius 3 is 2.57 bits per heavy atom. The summed E-state index contributed by atoms with van der Waals surface area (Å²) in [5.41, 5.74) is 3.33. The topological polar surface area (TPSA) is 103 Å². The monoisotopic (exact) mass is 401 g/mol. The second-order valence-corrected chi connectivity index (χ2v) is 6.76. The van der Waals surface area contributed by atoms with Gasteiger partial charge >= 0.3 is 11.8 Å². The Bertz CT molecular complexity index is 1210. The van der Waals surface area contributed by atoms with Gasteiger partial charge in [-0.25, -0.2) is 4.68 Å². The number of rotatable bonds is 6. The van der Waals surface area contributed by atoms with Crippen LogP contribution in [0.15, 0.2) is 76.0 Å². The van der Waals surface area contributed by atoms with Crippen molar-refractivity contribution in [3.63, 3.8) is 0 Å². The van der Waals surface area contributed by atoms with Crippen LogP contribution in [0, 0.1) is 6.92 Å². The van der Waals surface area contributed by atoms with E-state index in [1.807, 2.05) is 61.5 Å². The molecule has 30 heavy (non-hydrogen) atoms. The SMILES string of the molecule is Cc1ccc(-c2ccc(=O)n(Cc3noc(C(=O)NCc4ccccc4)n3)n2)cc1. The molecule has 0 saturated heterocycles. The van der Waals surface area contributed by atoms with E-state index in [0.717, 1.165) is 16.7 Å². The molecule has 0 aliphatic carbocycles. The van der Waals surface area contributed by atoms with E-state index in [-0.39, 0.29) is 23.8 Å². The number of hydrogen-bond acceptors (Lipinski definition) is 6. The van der Waals surface area contributed by atoms with E-state index in [9.17, 15) is 9.59 Å². The van der Waals surface area contributed by atoms with Gasteiger partial charge in [-0.05, 0) is 18.6 Å². The van der Waals surface area contributed by atoms with Gasteiger partial charge in [-0.15, -0.1) is 0 Å². The van der Waals surface area contributed by atoms with Gasteiger partial charge in [0.2, 0.25) is 0 Å². The van der Waals surface area contributed by atoms with Crippen molar-refractivity contribution in [3.8, 4) is 11.3 Å². The number of aromatic nitrogens is 4. The maximum Gasteiger partial charge on any atom is 0.316 e. The molecule has 0 saturated carbocycles. The Balaban J connectivity index is 1.46. The zero-order chi connectivity index (χ0) is 20.9. The van der Waals surface area contributed by atoms with Crippen LogP contribution in [-0.2, 0) is 13.1 Å². The fourth-order valence-corrected chi connectivity index (χ4v) is 2.84. The molecule has 4 rings (SSSR count). The normalized spacial score (nSPS) is 10.7. The van der Waals surface area contributed by atoms with Gasteiger partial charge in [-0.2, -0.15) is 10.1 Å². The highest BCUT2D eigenvalue weighted by Crippen LogP contribution is 2.16. The third-order valence-corrected chi connectivity index (χ3v) is 4.46. The molecule has 0 unspecified atom stereocenters. The van der Waals surface area contributed by atoms with Crippen LogP contribution in [0.25, 0.3) is 11.3 Å². The van der Waals surface area contributed by atoms with Crippen molar-refractivity contribution < 1.29 is 9.32 Å². The van der Waals surface area contributed by atoms with Gasteiger partial charge in [0.25, 0.3) is 5.56 Å². The Morgan fingerprint density at radius 2 is 1.80 bits per heavy atom. The van der Waals surface area contributed by atoms with E-state index in [0.29, 0.717) is 12.2 Å². The average molecular weight is 401 g/mol. The lowest BCUT2D eigenvalue weighted by atomic mass is 10.1. The molecule has 0 atom stereocenters. The third-order valence-electron chi connectivity index (χ3n) is 4.46. The summed E-state index contributed by atoms with van der Waals surface area (Å²) < 4.78 is 6.28. The summed E-state index contributed by atoms with van der Waals surface area (Å²) in [6, 6.07) is 20.4. The van der Waals surface area contributed by atoms with Crippen molar-refractivity contribution in [2.45, 2.75) is 20.0 Å². The molecule has 8 nitrogen and oxygen atoms in total. The van der Waals surface area contributed by atoms with Crippen LogP contribution in [0.2, 0.25) is 0 Å². The minimum absolute atomic E-state index is 0.00595. The highest BCUT2D eigenvalue weighted by Gasteiger charge is 2.16. The molecule has 1 N–H and O–H groups in total. The van der Waals surface area contributed by atoms with Crippen molar-refractivity contribution in [3.05, 3.63) is 99.9 Å². The minimum atomic E-state index is -0.480. The zero-order valence-corrected chi connectivity index (χ0v) is 16.3. The number of benzene rings is 2. The Morgan fingerprint density at radius 1 is 1.03 bits per heavy atom. The number of nitrogens with one attached hydrogen (secondary N) is 1. The first-order valence-electron chi connectivity index (χ1n) is 9.38. The summed E-state index contributed by atoms with van der Waals surface area (Å²) in [7, 11) is 0. The van der Waals surface area contributed by atoms with E-state index in [2.05, 4.69) is 20.6 Å². The summed E-state index contributed by atoms with van der Waals surface area (Å²) >= 11 is 0. The zero-order valence-electron chi connectivity index (χ0n) is 16.3. The standard InChI is InChI=1S/C22H19N5O3/c1-15-7-9-17(10-8-15)18-11-12-20(28)27(25-18)14-19-24-22(30-26-19)21(29)23-13-16-5-3-2-4-6-16/h2-12H,13-14H2,1H3,(H,23,29). The van der Waals surface area contributed by atoms with Gasteiger partial charge in [-0.1, -0.05) is 65.3 Å². The van der Waals surface area contributed by atoms with Gasteiger partial charge < -0.3 is 9.84 Å². The number of carbonyl (C=O) groups is 1. The Hall–Kier alpha value is -4.07.